The van der Waals surface area contributed by atoms with Gasteiger partial charge < -0.3 is 5.73 Å². The zero-order valence-electron chi connectivity index (χ0n) is 10.2. The van der Waals surface area contributed by atoms with E-state index in [1.54, 1.807) is 0 Å². The van der Waals surface area contributed by atoms with E-state index in [1.807, 2.05) is 11.7 Å². The molecule has 0 aromatic carbocycles. The third-order valence-electron chi connectivity index (χ3n) is 2.36. The topological polar surface area (TPSA) is 56.7 Å². The molecule has 0 aliphatic heterocycles. The van der Waals surface area contributed by atoms with Crippen molar-refractivity contribution in [2.45, 2.75) is 46.1 Å². The molecule has 0 fully saturated rings. The second-order valence-electron chi connectivity index (χ2n) is 4.50. The van der Waals surface area contributed by atoms with Gasteiger partial charge in [-0.3, -0.25) is 4.68 Å². The van der Waals surface area contributed by atoms with Crippen LogP contribution in [0.25, 0.3) is 0 Å². The Labute approximate surface area is 91.9 Å². The van der Waals surface area contributed by atoms with Gasteiger partial charge in [0.05, 0.1) is 6.04 Å². The van der Waals surface area contributed by atoms with Gasteiger partial charge in [-0.2, -0.15) is 5.10 Å². The van der Waals surface area contributed by atoms with Crippen molar-refractivity contribution in [3.05, 3.63) is 11.6 Å². The number of aromatic nitrogens is 3. The number of nitrogens with zero attached hydrogens (tertiary/aromatic N) is 3. The molecule has 15 heavy (non-hydrogen) atoms. The smallest absolute Gasteiger partial charge is 0.151 e. The summed E-state index contributed by atoms with van der Waals surface area (Å²) in [6.45, 7) is 6.47. The highest BCUT2D eigenvalue weighted by Gasteiger charge is 2.14. The summed E-state index contributed by atoms with van der Waals surface area (Å²) in [7, 11) is 1.92. The predicted octanol–water partition coefficient (Wildman–Crippen LogP) is 1.81. The molecule has 4 heteroatoms. The fourth-order valence-electron chi connectivity index (χ4n) is 1.67. The first-order valence-corrected chi connectivity index (χ1v) is 5.70. The van der Waals surface area contributed by atoms with E-state index >= 15 is 0 Å². The van der Waals surface area contributed by atoms with Crippen molar-refractivity contribution < 1.29 is 0 Å². The summed E-state index contributed by atoms with van der Waals surface area (Å²) in [6, 6.07) is 0.0217. The fourth-order valence-corrected chi connectivity index (χ4v) is 1.67. The highest BCUT2D eigenvalue weighted by molar-refractivity contribution is 4.98. The van der Waals surface area contributed by atoms with Crippen LogP contribution >= 0.6 is 0 Å². The maximum atomic E-state index is 6.03. The SMILES string of the molecule is CCCC(N)c1nc(CC(C)C)nn1C. The summed E-state index contributed by atoms with van der Waals surface area (Å²) in [5.41, 5.74) is 6.03. The van der Waals surface area contributed by atoms with Crippen LogP contribution in [0.4, 0.5) is 0 Å². The quantitative estimate of drug-likeness (QED) is 0.806. The molecule has 1 unspecified atom stereocenters. The van der Waals surface area contributed by atoms with Crippen molar-refractivity contribution in [2.24, 2.45) is 18.7 Å². The van der Waals surface area contributed by atoms with Crippen LogP contribution < -0.4 is 5.73 Å². The van der Waals surface area contributed by atoms with E-state index in [0.29, 0.717) is 5.92 Å². The van der Waals surface area contributed by atoms with E-state index in [1.165, 1.54) is 0 Å². The molecule has 0 aliphatic carbocycles. The van der Waals surface area contributed by atoms with Gasteiger partial charge in [-0.1, -0.05) is 27.2 Å². The third kappa shape index (κ3) is 3.30. The second kappa shape index (κ2) is 5.26. The molecular formula is C11H22N4. The van der Waals surface area contributed by atoms with Crippen molar-refractivity contribution in [3.8, 4) is 0 Å². The van der Waals surface area contributed by atoms with E-state index in [4.69, 9.17) is 5.73 Å². The van der Waals surface area contributed by atoms with E-state index in [9.17, 15) is 0 Å². The molecule has 2 N–H and O–H groups in total. The summed E-state index contributed by atoms with van der Waals surface area (Å²) in [6.07, 6.45) is 2.97. The number of hydrogen-bond acceptors (Lipinski definition) is 3. The van der Waals surface area contributed by atoms with E-state index in [-0.39, 0.29) is 6.04 Å². The molecule has 0 spiro atoms. The Morgan fingerprint density at radius 1 is 1.40 bits per heavy atom. The third-order valence-corrected chi connectivity index (χ3v) is 2.36. The molecule has 1 rings (SSSR count). The summed E-state index contributed by atoms with van der Waals surface area (Å²) in [4.78, 5) is 4.50. The zero-order chi connectivity index (χ0) is 11.4. The first-order chi connectivity index (χ1) is 7.04. The molecule has 1 aromatic heterocycles. The zero-order valence-corrected chi connectivity index (χ0v) is 10.2. The molecular weight excluding hydrogens is 188 g/mol. The van der Waals surface area contributed by atoms with Crippen LogP contribution in [0, 0.1) is 5.92 Å². The first-order valence-electron chi connectivity index (χ1n) is 5.70. The summed E-state index contributed by atoms with van der Waals surface area (Å²) >= 11 is 0. The number of nitrogens with two attached hydrogens (primary N) is 1. The van der Waals surface area contributed by atoms with Gasteiger partial charge in [0.2, 0.25) is 0 Å². The lowest BCUT2D eigenvalue weighted by molar-refractivity contribution is 0.560. The molecule has 0 aliphatic rings. The highest BCUT2D eigenvalue weighted by atomic mass is 15.3. The maximum Gasteiger partial charge on any atom is 0.151 e. The van der Waals surface area contributed by atoms with Crippen LogP contribution in [0.2, 0.25) is 0 Å². The molecule has 0 saturated heterocycles. The van der Waals surface area contributed by atoms with Gasteiger partial charge in [-0.05, 0) is 12.3 Å². The van der Waals surface area contributed by atoms with Crippen LogP contribution in [0.15, 0.2) is 0 Å². The standard InChI is InChI=1S/C11H22N4/c1-5-6-9(12)11-13-10(7-8(2)3)14-15(11)4/h8-9H,5-7,12H2,1-4H3. The van der Waals surface area contributed by atoms with Gasteiger partial charge in [-0.15, -0.1) is 0 Å². The molecule has 86 valence electrons. The van der Waals surface area contributed by atoms with Gasteiger partial charge in [0.25, 0.3) is 0 Å². The molecule has 0 bridgehead atoms. The Morgan fingerprint density at radius 3 is 2.60 bits per heavy atom. The number of aryl methyl sites for hydroxylation is 1. The number of rotatable bonds is 5. The van der Waals surface area contributed by atoms with Crippen LogP contribution in [-0.2, 0) is 13.5 Å². The van der Waals surface area contributed by atoms with Crippen LogP contribution in [0.1, 0.15) is 51.3 Å². The second-order valence-corrected chi connectivity index (χ2v) is 4.50. The normalized spacial score (nSPS) is 13.5. The van der Waals surface area contributed by atoms with Crippen molar-refractivity contribution in [1.82, 2.24) is 14.8 Å². The van der Waals surface area contributed by atoms with Gasteiger partial charge in [-0.25, -0.2) is 4.98 Å². The van der Waals surface area contributed by atoms with Gasteiger partial charge in [0, 0.05) is 13.5 Å². The minimum Gasteiger partial charge on any atom is -0.321 e. The van der Waals surface area contributed by atoms with Crippen LogP contribution in [0.3, 0.4) is 0 Å². The van der Waals surface area contributed by atoms with Gasteiger partial charge in [0.1, 0.15) is 5.82 Å². The molecule has 0 saturated carbocycles. The average molecular weight is 210 g/mol. The van der Waals surface area contributed by atoms with Crippen molar-refractivity contribution >= 4 is 0 Å². The van der Waals surface area contributed by atoms with E-state index in [0.717, 1.165) is 30.9 Å². The largest absolute Gasteiger partial charge is 0.321 e. The molecule has 0 radical (unpaired) electrons. The lowest BCUT2D eigenvalue weighted by Crippen LogP contribution is -2.15. The Kier molecular flexibility index (Phi) is 4.27. The van der Waals surface area contributed by atoms with Crippen molar-refractivity contribution in [2.75, 3.05) is 0 Å². The molecule has 1 atom stereocenters. The maximum absolute atomic E-state index is 6.03. The highest BCUT2D eigenvalue weighted by Crippen LogP contribution is 2.14. The Hall–Kier alpha value is -0.900. The lowest BCUT2D eigenvalue weighted by atomic mass is 10.1. The Balaban J connectivity index is 2.76. The Bertz CT molecular complexity index is 304. The summed E-state index contributed by atoms with van der Waals surface area (Å²) in [5, 5.41) is 4.38. The molecule has 1 heterocycles. The molecule has 4 nitrogen and oxygen atoms in total. The summed E-state index contributed by atoms with van der Waals surface area (Å²) < 4.78 is 1.82. The predicted molar refractivity (Wildman–Crippen MR) is 61.4 cm³/mol. The number of hydrogen-bond donors (Lipinski definition) is 1. The fraction of sp³-hybridized carbons (Fsp3) is 0.818. The van der Waals surface area contributed by atoms with Crippen LogP contribution in [-0.4, -0.2) is 14.8 Å². The minimum absolute atomic E-state index is 0.0217. The van der Waals surface area contributed by atoms with E-state index in [2.05, 4.69) is 30.9 Å². The van der Waals surface area contributed by atoms with Crippen molar-refractivity contribution in [3.63, 3.8) is 0 Å². The molecule has 0 amide bonds. The summed E-state index contributed by atoms with van der Waals surface area (Å²) in [5.74, 6) is 2.41. The molecule has 1 aromatic rings. The average Bonchev–Trinajstić information content (AvgIpc) is 2.46. The lowest BCUT2D eigenvalue weighted by Gasteiger charge is -2.07. The first kappa shape index (κ1) is 12.2. The van der Waals surface area contributed by atoms with Gasteiger partial charge >= 0.3 is 0 Å². The minimum atomic E-state index is 0.0217. The van der Waals surface area contributed by atoms with Crippen LogP contribution in [0.5, 0.6) is 0 Å². The van der Waals surface area contributed by atoms with Crippen molar-refractivity contribution in [1.29, 1.82) is 0 Å². The Morgan fingerprint density at radius 2 is 2.07 bits per heavy atom. The van der Waals surface area contributed by atoms with E-state index < -0.39 is 0 Å². The monoisotopic (exact) mass is 210 g/mol. The van der Waals surface area contributed by atoms with Gasteiger partial charge in [0.15, 0.2) is 5.82 Å².